The van der Waals surface area contributed by atoms with E-state index in [1.807, 2.05) is 6.07 Å². The van der Waals surface area contributed by atoms with Gasteiger partial charge in [-0.25, -0.2) is 0 Å². The molecule has 0 saturated heterocycles. The Hall–Kier alpha value is -2.30. The van der Waals surface area contributed by atoms with Crippen LogP contribution in [0.2, 0.25) is 0 Å². The standard InChI is InChI=1S/C30H39NO3/c1-3-31(20-23-11-12-23)27-19-24-13-14-26(32)29(33)28(24)25-18-21(2)15-16-30(25,27)34-17-7-10-22-8-5-4-6-9-22/h4-6,8-9,13-14,23,25,27,32-33H,2-3,7,10-12,15-20H2,1H3/t25?,27-,30+/m1/s1. The van der Waals surface area contributed by atoms with Gasteiger partial charge in [-0.2, -0.15) is 0 Å². The van der Waals surface area contributed by atoms with Gasteiger partial charge in [-0.3, -0.25) is 4.90 Å². The van der Waals surface area contributed by atoms with Crippen LogP contribution in [0.5, 0.6) is 11.5 Å². The van der Waals surface area contributed by atoms with E-state index in [4.69, 9.17) is 4.74 Å². The number of ether oxygens (including phenoxy) is 1. The molecule has 182 valence electrons. The summed E-state index contributed by atoms with van der Waals surface area (Å²) in [6, 6.07) is 14.5. The van der Waals surface area contributed by atoms with E-state index >= 15 is 0 Å². The normalized spacial score (nSPS) is 26.4. The van der Waals surface area contributed by atoms with E-state index in [1.165, 1.54) is 24.0 Å². The third-order valence-electron chi connectivity index (χ3n) is 8.42. The molecule has 1 unspecified atom stereocenters. The molecule has 0 radical (unpaired) electrons. The van der Waals surface area contributed by atoms with Gasteiger partial charge in [0.25, 0.3) is 0 Å². The molecule has 0 amide bonds. The summed E-state index contributed by atoms with van der Waals surface area (Å²) in [4.78, 5) is 2.66. The number of nitrogens with zero attached hydrogens (tertiary/aromatic N) is 1. The summed E-state index contributed by atoms with van der Waals surface area (Å²) in [7, 11) is 0. The van der Waals surface area contributed by atoms with Crippen LogP contribution in [-0.4, -0.2) is 46.5 Å². The smallest absolute Gasteiger partial charge is 0.161 e. The molecule has 34 heavy (non-hydrogen) atoms. The maximum Gasteiger partial charge on any atom is 0.161 e. The molecule has 0 spiro atoms. The predicted octanol–water partition coefficient (Wildman–Crippen LogP) is 5.97. The lowest BCUT2D eigenvalue weighted by Gasteiger charge is -2.56. The molecule has 0 aliphatic heterocycles. The number of aryl methyl sites for hydroxylation is 1. The topological polar surface area (TPSA) is 52.9 Å². The number of rotatable bonds is 9. The number of aromatic hydroxyl groups is 2. The summed E-state index contributed by atoms with van der Waals surface area (Å²) in [5.74, 6) is 0.830. The molecule has 4 heteroatoms. The van der Waals surface area contributed by atoms with Crippen molar-refractivity contribution in [1.29, 1.82) is 0 Å². The Bertz CT molecular complexity index is 1020. The first-order valence-corrected chi connectivity index (χ1v) is 13.1. The molecule has 3 atom stereocenters. The summed E-state index contributed by atoms with van der Waals surface area (Å²) >= 11 is 0. The lowest BCUT2D eigenvalue weighted by atomic mass is 9.60. The monoisotopic (exact) mass is 461 g/mol. The van der Waals surface area contributed by atoms with Gasteiger partial charge in [0.05, 0.1) is 5.60 Å². The Kier molecular flexibility index (Phi) is 6.72. The van der Waals surface area contributed by atoms with Crippen LogP contribution < -0.4 is 0 Å². The van der Waals surface area contributed by atoms with Gasteiger partial charge < -0.3 is 14.9 Å². The molecule has 2 aromatic carbocycles. The summed E-state index contributed by atoms with van der Waals surface area (Å²) < 4.78 is 7.02. The van der Waals surface area contributed by atoms with Crippen molar-refractivity contribution in [1.82, 2.24) is 4.90 Å². The van der Waals surface area contributed by atoms with Crippen molar-refractivity contribution >= 4 is 0 Å². The summed E-state index contributed by atoms with van der Waals surface area (Å²) in [5, 5.41) is 21.4. The third-order valence-corrected chi connectivity index (χ3v) is 8.42. The van der Waals surface area contributed by atoms with E-state index in [2.05, 4.69) is 48.7 Å². The minimum atomic E-state index is -0.374. The number of hydrogen-bond donors (Lipinski definition) is 2. The van der Waals surface area contributed by atoms with E-state index in [-0.39, 0.29) is 29.1 Å². The van der Waals surface area contributed by atoms with Gasteiger partial charge >= 0.3 is 0 Å². The second kappa shape index (κ2) is 9.75. The highest BCUT2D eigenvalue weighted by molar-refractivity contribution is 5.55. The van der Waals surface area contributed by atoms with E-state index in [0.717, 1.165) is 68.7 Å². The predicted molar refractivity (Wildman–Crippen MR) is 136 cm³/mol. The summed E-state index contributed by atoms with van der Waals surface area (Å²) in [6.07, 6.45) is 8.18. The van der Waals surface area contributed by atoms with Crippen LogP contribution in [0.3, 0.4) is 0 Å². The van der Waals surface area contributed by atoms with E-state index in [1.54, 1.807) is 6.07 Å². The van der Waals surface area contributed by atoms with E-state index < -0.39 is 0 Å². The summed E-state index contributed by atoms with van der Waals surface area (Å²) in [6.45, 7) is 9.43. The molecule has 2 N–H and O–H groups in total. The SMILES string of the molecule is C=C1CC[C@]2(OCCCc3ccccc3)C(C1)c1c(ccc(O)c1O)C[C@H]2N(CC)CC1CC1. The number of phenols is 2. The van der Waals surface area contributed by atoms with Crippen molar-refractivity contribution in [3.63, 3.8) is 0 Å². The van der Waals surface area contributed by atoms with Crippen LogP contribution in [0.1, 0.15) is 68.1 Å². The Morgan fingerprint density at radius 2 is 1.88 bits per heavy atom. The molecule has 2 aromatic rings. The van der Waals surface area contributed by atoms with Crippen molar-refractivity contribution in [3.05, 3.63) is 71.3 Å². The molecule has 0 heterocycles. The number of benzene rings is 2. The Morgan fingerprint density at radius 3 is 2.62 bits per heavy atom. The van der Waals surface area contributed by atoms with Crippen LogP contribution in [0.25, 0.3) is 0 Å². The molecular weight excluding hydrogens is 422 g/mol. The van der Waals surface area contributed by atoms with Crippen molar-refractivity contribution in [2.45, 2.75) is 75.9 Å². The zero-order valence-electron chi connectivity index (χ0n) is 20.5. The average molecular weight is 462 g/mol. The minimum Gasteiger partial charge on any atom is -0.504 e. The molecular formula is C30H39NO3. The third kappa shape index (κ3) is 4.50. The highest BCUT2D eigenvalue weighted by Crippen LogP contribution is 2.56. The molecule has 4 nitrogen and oxygen atoms in total. The first-order chi connectivity index (χ1) is 16.5. The Labute approximate surface area is 204 Å². The van der Waals surface area contributed by atoms with Crippen molar-refractivity contribution < 1.29 is 14.9 Å². The fourth-order valence-corrected chi connectivity index (χ4v) is 6.44. The molecule has 3 aliphatic rings. The number of allylic oxidation sites excluding steroid dienone is 1. The van der Waals surface area contributed by atoms with E-state index in [9.17, 15) is 10.2 Å². The lowest BCUT2D eigenvalue weighted by molar-refractivity contribution is -0.137. The molecule has 0 aromatic heterocycles. The first kappa shape index (κ1) is 23.4. The van der Waals surface area contributed by atoms with Crippen LogP contribution in [0.15, 0.2) is 54.6 Å². The second-order valence-electron chi connectivity index (χ2n) is 10.7. The zero-order chi connectivity index (χ0) is 23.7. The molecule has 5 rings (SSSR count). The minimum absolute atomic E-state index is 0.0135. The lowest BCUT2D eigenvalue weighted by Crippen LogP contribution is -2.62. The van der Waals surface area contributed by atoms with Crippen LogP contribution in [0.4, 0.5) is 0 Å². The quantitative estimate of drug-likeness (QED) is 0.275. The Balaban J connectivity index is 1.48. The highest BCUT2D eigenvalue weighted by atomic mass is 16.5. The molecule has 0 bridgehead atoms. The van der Waals surface area contributed by atoms with Crippen LogP contribution in [-0.2, 0) is 17.6 Å². The van der Waals surface area contributed by atoms with Crippen LogP contribution >= 0.6 is 0 Å². The van der Waals surface area contributed by atoms with Crippen molar-refractivity contribution in [2.75, 3.05) is 19.7 Å². The van der Waals surface area contributed by atoms with Crippen LogP contribution in [0, 0.1) is 5.92 Å². The largest absolute Gasteiger partial charge is 0.504 e. The second-order valence-corrected chi connectivity index (χ2v) is 10.7. The van der Waals surface area contributed by atoms with Gasteiger partial charge in [0.2, 0.25) is 0 Å². The number of likely N-dealkylation sites (N-methyl/N-ethyl adjacent to an activating group) is 1. The molecule has 2 fully saturated rings. The van der Waals surface area contributed by atoms with Gasteiger partial charge in [-0.15, -0.1) is 0 Å². The average Bonchev–Trinajstić information content (AvgIpc) is 3.67. The van der Waals surface area contributed by atoms with Crippen molar-refractivity contribution in [2.24, 2.45) is 5.92 Å². The number of fused-ring (bicyclic) bond motifs is 3. The number of hydrogen-bond acceptors (Lipinski definition) is 4. The zero-order valence-corrected chi connectivity index (χ0v) is 20.5. The van der Waals surface area contributed by atoms with Gasteiger partial charge in [0.1, 0.15) is 0 Å². The van der Waals surface area contributed by atoms with Gasteiger partial charge in [-0.05, 0) is 81.0 Å². The van der Waals surface area contributed by atoms with Crippen molar-refractivity contribution in [3.8, 4) is 11.5 Å². The molecule has 2 saturated carbocycles. The van der Waals surface area contributed by atoms with Gasteiger partial charge in [0, 0.05) is 30.7 Å². The number of phenolic OH excluding ortho intramolecular Hbond substituents is 2. The highest BCUT2D eigenvalue weighted by Gasteiger charge is 2.55. The Morgan fingerprint density at radius 1 is 1.09 bits per heavy atom. The maximum atomic E-state index is 11.0. The fourth-order valence-electron chi connectivity index (χ4n) is 6.44. The molecule has 3 aliphatic carbocycles. The maximum absolute atomic E-state index is 11.0. The first-order valence-electron chi connectivity index (χ1n) is 13.1. The van der Waals surface area contributed by atoms with Gasteiger partial charge in [0.15, 0.2) is 11.5 Å². The van der Waals surface area contributed by atoms with E-state index in [0.29, 0.717) is 6.61 Å². The summed E-state index contributed by atoms with van der Waals surface area (Å²) in [5.41, 5.74) is 4.23. The fraction of sp³-hybridized carbons (Fsp3) is 0.533. The van der Waals surface area contributed by atoms with Gasteiger partial charge in [-0.1, -0.05) is 55.5 Å².